The van der Waals surface area contributed by atoms with Crippen LogP contribution in [0.5, 0.6) is 0 Å². The SMILES string of the molecule is CCc1cccc2c(C)cc(C)cc12. The number of aryl methyl sites for hydroxylation is 3. The minimum atomic E-state index is 1.11. The minimum absolute atomic E-state index is 1.11. The van der Waals surface area contributed by atoms with E-state index in [1.54, 1.807) is 0 Å². The predicted octanol–water partition coefficient (Wildman–Crippen LogP) is 4.02. The standard InChI is InChI=1S/C14H16/c1-4-12-6-5-7-13-11(3)8-10(2)9-14(12)13/h5-9H,4H2,1-3H3. The Hall–Kier alpha value is -1.30. The highest BCUT2D eigenvalue weighted by Crippen LogP contribution is 2.24. The van der Waals surface area contributed by atoms with Crippen molar-refractivity contribution in [1.29, 1.82) is 0 Å². The molecule has 2 aromatic rings. The molecule has 0 nitrogen and oxygen atoms in total. The molecule has 0 unspecified atom stereocenters. The molecule has 72 valence electrons. The summed E-state index contributed by atoms with van der Waals surface area (Å²) in [5.41, 5.74) is 4.19. The molecule has 0 heterocycles. The van der Waals surface area contributed by atoms with E-state index < -0.39 is 0 Å². The third kappa shape index (κ3) is 1.41. The van der Waals surface area contributed by atoms with Gasteiger partial charge in [-0.1, -0.05) is 42.8 Å². The molecular weight excluding hydrogens is 168 g/mol. The Morgan fingerprint density at radius 3 is 2.50 bits per heavy atom. The van der Waals surface area contributed by atoms with Gasteiger partial charge in [-0.05, 0) is 42.2 Å². The monoisotopic (exact) mass is 184 g/mol. The molecule has 0 aliphatic carbocycles. The lowest BCUT2D eigenvalue weighted by Crippen LogP contribution is -1.87. The first-order valence-electron chi connectivity index (χ1n) is 5.21. The molecule has 0 saturated heterocycles. The molecule has 0 saturated carbocycles. The van der Waals surface area contributed by atoms with Crippen LogP contribution in [-0.2, 0) is 6.42 Å². The third-order valence-corrected chi connectivity index (χ3v) is 2.82. The highest BCUT2D eigenvalue weighted by atomic mass is 14.1. The highest BCUT2D eigenvalue weighted by Gasteiger charge is 2.01. The maximum absolute atomic E-state index is 2.29. The van der Waals surface area contributed by atoms with Gasteiger partial charge in [-0.2, -0.15) is 0 Å². The Balaban J connectivity index is 2.86. The zero-order valence-electron chi connectivity index (χ0n) is 9.09. The number of rotatable bonds is 1. The van der Waals surface area contributed by atoms with Crippen molar-refractivity contribution >= 4 is 10.8 Å². The van der Waals surface area contributed by atoms with Gasteiger partial charge in [0, 0.05) is 0 Å². The van der Waals surface area contributed by atoms with Crippen molar-refractivity contribution in [1.82, 2.24) is 0 Å². The number of hydrogen-bond acceptors (Lipinski definition) is 0. The molecule has 0 atom stereocenters. The van der Waals surface area contributed by atoms with Crippen LogP contribution in [0.2, 0.25) is 0 Å². The Bertz CT molecular complexity index is 467. The first-order chi connectivity index (χ1) is 6.72. The summed E-state index contributed by atoms with van der Waals surface area (Å²) < 4.78 is 0. The summed E-state index contributed by atoms with van der Waals surface area (Å²) in [7, 11) is 0. The fourth-order valence-electron chi connectivity index (χ4n) is 2.12. The van der Waals surface area contributed by atoms with E-state index in [0.717, 1.165) is 6.42 Å². The Morgan fingerprint density at radius 1 is 1.00 bits per heavy atom. The predicted molar refractivity (Wildman–Crippen MR) is 62.8 cm³/mol. The number of benzene rings is 2. The first kappa shape index (κ1) is 9.26. The van der Waals surface area contributed by atoms with Gasteiger partial charge >= 0.3 is 0 Å². The normalized spacial score (nSPS) is 10.8. The van der Waals surface area contributed by atoms with Gasteiger partial charge in [-0.3, -0.25) is 0 Å². The topological polar surface area (TPSA) is 0 Å². The number of hydrogen-bond donors (Lipinski definition) is 0. The second-order valence-electron chi connectivity index (χ2n) is 3.95. The van der Waals surface area contributed by atoms with Crippen LogP contribution in [0.3, 0.4) is 0 Å². The fraction of sp³-hybridized carbons (Fsp3) is 0.286. The zero-order chi connectivity index (χ0) is 10.1. The molecular formula is C14H16. The Kier molecular flexibility index (Phi) is 2.28. The molecule has 14 heavy (non-hydrogen) atoms. The van der Waals surface area contributed by atoms with E-state index in [2.05, 4.69) is 51.1 Å². The van der Waals surface area contributed by atoms with Crippen LogP contribution in [0.1, 0.15) is 23.6 Å². The summed E-state index contributed by atoms with van der Waals surface area (Å²) in [6, 6.07) is 11.1. The summed E-state index contributed by atoms with van der Waals surface area (Å²) in [5.74, 6) is 0. The van der Waals surface area contributed by atoms with E-state index in [0.29, 0.717) is 0 Å². The Labute approximate surface area is 85.6 Å². The second kappa shape index (κ2) is 3.45. The highest BCUT2D eigenvalue weighted by molar-refractivity contribution is 5.89. The van der Waals surface area contributed by atoms with E-state index in [4.69, 9.17) is 0 Å². The summed E-state index contributed by atoms with van der Waals surface area (Å²) >= 11 is 0. The van der Waals surface area contributed by atoms with Crippen molar-refractivity contribution in [2.24, 2.45) is 0 Å². The van der Waals surface area contributed by atoms with Gasteiger partial charge in [-0.15, -0.1) is 0 Å². The van der Waals surface area contributed by atoms with Crippen LogP contribution in [-0.4, -0.2) is 0 Å². The zero-order valence-corrected chi connectivity index (χ0v) is 9.09. The molecule has 0 fully saturated rings. The first-order valence-corrected chi connectivity index (χ1v) is 5.21. The van der Waals surface area contributed by atoms with Crippen molar-refractivity contribution in [2.75, 3.05) is 0 Å². The smallest absolute Gasteiger partial charge is 0.0147 e. The Morgan fingerprint density at radius 2 is 1.79 bits per heavy atom. The summed E-state index contributed by atoms with van der Waals surface area (Å²) in [6.45, 7) is 6.57. The fourth-order valence-corrected chi connectivity index (χ4v) is 2.12. The minimum Gasteiger partial charge on any atom is -0.0613 e. The quantitative estimate of drug-likeness (QED) is 0.628. The average molecular weight is 184 g/mol. The lowest BCUT2D eigenvalue weighted by Gasteiger charge is -2.08. The maximum Gasteiger partial charge on any atom is -0.0147 e. The molecule has 2 aromatic carbocycles. The van der Waals surface area contributed by atoms with Gasteiger partial charge in [0.25, 0.3) is 0 Å². The summed E-state index contributed by atoms with van der Waals surface area (Å²) in [6.07, 6.45) is 1.11. The van der Waals surface area contributed by atoms with Gasteiger partial charge in [0.05, 0.1) is 0 Å². The molecule has 0 radical (unpaired) electrons. The third-order valence-electron chi connectivity index (χ3n) is 2.82. The van der Waals surface area contributed by atoms with Crippen LogP contribution in [0, 0.1) is 13.8 Å². The molecule has 0 N–H and O–H groups in total. The van der Waals surface area contributed by atoms with Crippen LogP contribution in [0.15, 0.2) is 30.3 Å². The average Bonchev–Trinajstić information content (AvgIpc) is 2.17. The molecule has 0 aromatic heterocycles. The lowest BCUT2D eigenvalue weighted by atomic mass is 9.97. The summed E-state index contributed by atoms with van der Waals surface area (Å²) in [5, 5.41) is 2.82. The van der Waals surface area contributed by atoms with Crippen molar-refractivity contribution in [3.8, 4) is 0 Å². The van der Waals surface area contributed by atoms with Crippen molar-refractivity contribution in [3.05, 3.63) is 47.0 Å². The van der Waals surface area contributed by atoms with Crippen molar-refractivity contribution < 1.29 is 0 Å². The van der Waals surface area contributed by atoms with Gasteiger partial charge in [0.2, 0.25) is 0 Å². The molecule has 0 heteroatoms. The molecule has 2 rings (SSSR count). The number of fused-ring (bicyclic) bond motifs is 1. The summed E-state index contributed by atoms with van der Waals surface area (Å²) in [4.78, 5) is 0. The van der Waals surface area contributed by atoms with Gasteiger partial charge in [0.1, 0.15) is 0 Å². The van der Waals surface area contributed by atoms with Crippen molar-refractivity contribution in [2.45, 2.75) is 27.2 Å². The molecule has 0 amide bonds. The molecule has 0 aliphatic rings. The second-order valence-corrected chi connectivity index (χ2v) is 3.95. The lowest BCUT2D eigenvalue weighted by molar-refractivity contribution is 1.16. The van der Waals surface area contributed by atoms with Crippen LogP contribution in [0.4, 0.5) is 0 Å². The van der Waals surface area contributed by atoms with E-state index in [-0.39, 0.29) is 0 Å². The van der Waals surface area contributed by atoms with Crippen LogP contribution < -0.4 is 0 Å². The van der Waals surface area contributed by atoms with E-state index in [9.17, 15) is 0 Å². The van der Waals surface area contributed by atoms with E-state index in [1.165, 1.54) is 27.5 Å². The van der Waals surface area contributed by atoms with E-state index >= 15 is 0 Å². The van der Waals surface area contributed by atoms with Gasteiger partial charge in [0.15, 0.2) is 0 Å². The van der Waals surface area contributed by atoms with E-state index in [1.807, 2.05) is 0 Å². The van der Waals surface area contributed by atoms with Crippen LogP contribution in [0.25, 0.3) is 10.8 Å². The molecule has 0 spiro atoms. The van der Waals surface area contributed by atoms with Gasteiger partial charge in [-0.25, -0.2) is 0 Å². The maximum atomic E-state index is 2.29. The van der Waals surface area contributed by atoms with Gasteiger partial charge < -0.3 is 0 Å². The molecule has 0 bridgehead atoms. The van der Waals surface area contributed by atoms with Crippen LogP contribution >= 0.6 is 0 Å². The largest absolute Gasteiger partial charge is 0.0613 e. The van der Waals surface area contributed by atoms with Crippen molar-refractivity contribution in [3.63, 3.8) is 0 Å². The molecule has 0 aliphatic heterocycles.